The zero-order chi connectivity index (χ0) is 15.7. The van der Waals surface area contributed by atoms with Crippen LogP contribution in [-0.4, -0.2) is 45.4 Å². The van der Waals surface area contributed by atoms with Gasteiger partial charge in [-0.05, 0) is 48.9 Å². The minimum absolute atomic E-state index is 0.0130. The highest BCUT2D eigenvalue weighted by atomic mass is 32.2. The Bertz CT molecular complexity index is 675. The summed E-state index contributed by atoms with van der Waals surface area (Å²) in [5.74, 6) is -0.987. The number of likely N-dealkylation sites (tertiary alicyclic amines) is 1. The lowest BCUT2D eigenvalue weighted by atomic mass is 10.2. The number of carbonyl (C=O) groups is 1. The van der Waals surface area contributed by atoms with Gasteiger partial charge >= 0.3 is 0 Å². The molecule has 2 heterocycles. The number of phenols is 1. The van der Waals surface area contributed by atoms with Gasteiger partial charge in [-0.3, -0.25) is 4.79 Å². The Morgan fingerprint density at radius 3 is 3.09 bits per heavy atom. The summed E-state index contributed by atoms with van der Waals surface area (Å²) < 4.78 is 13.2. The summed E-state index contributed by atoms with van der Waals surface area (Å²) in [5.41, 5.74) is 0.243. The third-order valence-corrected chi connectivity index (χ3v) is 4.74. The highest BCUT2D eigenvalue weighted by molar-refractivity contribution is 8.18. The SMILES string of the molecule is O=C1N=C(N2CCC[C@@H]2CO)S/C1=C\c1cc(F)ccc1O. The van der Waals surface area contributed by atoms with E-state index in [2.05, 4.69) is 4.99 Å². The standard InChI is InChI=1S/C15H15FN2O3S/c16-10-3-4-12(20)9(6-10)7-13-14(21)17-15(22-13)18-5-1-2-11(18)8-19/h3-4,6-7,11,19-20H,1-2,5,8H2/b13-7-/t11-/m1/s1. The van der Waals surface area contributed by atoms with Gasteiger partial charge in [-0.15, -0.1) is 0 Å². The lowest BCUT2D eigenvalue weighted by molar-refractivity contribution is -0.113. The summed E-state index contributed by atoms with van der Waals surface area (Å²) in [4.78, 5) is 18.3. The van der Waals surface area contributed by atoms with Crippen LogP contribution in [0.3, 0.4) is 0 Å². The molecule has 1 amide bonds. The molecule has 0 aliphatic carbocycles. The first-order valence-electron chi connectivity index (χ1n) is 6.97. The number of halogens is 1. The molecular formula is C15H15FN2O3S. The molecule has 0 unspecified atom stereocenters. The van der Waals surface area contributed by atoms with Gasteiger partial charge in [0.25, 0.3) is 5.91 Å². The molecule has 2 N–H and O–H groups in total. The molecule has 1 fully saturated rings. The molecular weight excluding hydrogens is 307 g/mol. The monoisotopic (exact) mass is 322 g/mol. The maximum Gasteiger partial charge on any atom is 0.286 e. The van der Waals surface area contributed by atoms with E-state index in [0.29, 0.717) is 10.1 Å². The van der Waals surface area contributed by atoms with Crippen LogP contribution in [0.2, 0.25) is 0 Å². The largest absolute Gasteiger partial charge is 0.507 e. The first kappa shape index (κ1) is 15.1. The first-order valence-corrected chi connectivity index (χ1v) is 7.78. The van der Waals surface area contributed by atoms with Crippen LogP contribution in [0.4, 0.5) is 4.39 Å². The van der Waals surface area contributed by atoms with Gasteiger partial charge in [0, 0.05) is 12.1 Å². The summed E-state index contributed by atoms with van der Waals surface area (Å²) in [6, 6.07) is 3.55. The number of aliphatic hydroxyl groups is 1. The van der Waals surface area contributed by atoms with Crippen LogP contribution in [0.15, 0.2) is 28.1 Å². The van der Waals surface area contributed by atoms with Crippen LogP contribution in [-0.2, 0) is 4.79 Å². The fraction of sp³-hybridized carbons (Fsp3) is 0.333. The molecule has 5 nitrogen and oxygen atoms in total. The van der Waals surface area contributed by atoms with E-state index < -0.39 is 11.7 Å². The van der Waals surface area contributed by atoms with Crippen molar-refractivity contribution in [1.29, 1.82) is 0 Å². The van der Waals surface area contributed by atoms with Gasteiger partial charge in [-0.25, -0.2) is 4.39 Å². The Balaban J connectivity index is 1.82. The molecule has 7 heteroatoms. The van der Waals surface area contributed by atoms with Crippen molar-refractivity contribution in [3.05, 3.63) is 34.5 Å². The summed E-state index contributed by atoms with van der Waals surface area (Å²) in [6.45, 7) is 0.778. The van der Waals surface area contributed by atoms with Crippen molar-refractivity contribution < 1.29 is 19.4 Å². The van der Waals surface area contributed by atoms with Gasteiger partial charge in [0.1, 0.15) is 11.6 Å². The van der Waals surface area contributed by atoms with E-state index in [4.69, 9.17) is 0 Å². The van der Waals surface area contributed by atoms with E-state index in [-0.39, 0.29) is 24.0 Å². The van der Waals surface area contributed by atoms with Crippen LogP contribution in [0, 0.1) is 5.82 Å². The average Bonchev–Trinajstić information content (AvgIpc) is 3.09. The fourth-order valence-electron chi connectivity index (χ4n) is 2.58. The zero-order valence-corrected chi connectivity index (χ0v) is 12.5. The van der Waals surface area contributed by atoms with Crippen molar-refractivity contribution >= 4 is 28.9 Å². The number of hydrogen-bond acceptors (Lipinski definition) is 5. The molecule has 116 valence electrons. The van der Waals surface area contributed by atoms with Gasteiger partial charge in [-0.2, -0.15) is 4.99 Å². The zero-order valence-electron chi connectivity index (χ0n) is 11.7. The minimum Gasteiger partial charge on any atom is -0.507 e. The highest BCUT2D eigenvalue weighted by Crippen LogP contribution is 2.34. The van der Waals surface area contributed by atoms with E-state index in [1.807, 2.05) is 4.90 Å². The van der Waals surface area contributed by atoms with Crippen molar-refractivity contribution in [2.24, 2.45) is 4.99 Å². The number of phenolic OH excluding ortho intramolecular Hbond substituents is 1. The van der Waals surface area contributed by atoms with E-state index in [1.165, 1.54) is 30.0 Å². The second kappa shape index (κ2) is 6.10. The molecule has 0 radical (unpaired) electrons. The fourth-order valence-corrected chi connectivity index (χ4v) is 3.58. The summed E-state index contributed by atoms with van der Waals surface area (Å²) >= 11 is 1.19. The minimum atomic E-state index is -0.485. The third kappa shape index (κ3) is 2.86. The molecule has 2 aliphatic rings. The van der Waals surface area contributed by atoms with Crippen LogP contribution in [0.1, 0.15) is 18.4 Å². The molecule has 1 aromatic carbocycles. The Morgan fingerprint density at radius 1 is 1.50 bits per heavy atom. The number of rotatable bonds is 2. The topological polar surface area (TPSA) is 73.1 Å². The number of aliphatic imine (C=N–C) groups is 1. The number of carbonyl (C=O) groups excluding carboxylic acids is 1. The second-order valence-corrected chi connectivity index (χ2v) is 6.19. The smallest absolute Gasteiger partial charge is 0.286 e. The predicted octanol–water partition coefficient (Wildman–Crippen LogP) is 1.96. The van der Waals surface area contributed by atoms with Gasteiger partial charge in [0.15, 0.2) is 5.17 Å². The predicted molar refractivity (Wildman–Crippen MR) is 82.9 cm³/mol. The van der Waals surface area contributed by atoms with Crippen molar-refractivity contribution in [3.8, 4) is 5.75 Å². The summed E-state index contributed by atoms with van der Waals surface area (Å²) in [5, 5.41) is 19.6. The highest BCUT2D eigenvalue weighted by Gasteiger charge is 2.32. The van der Waals surface area contributed by atoms with Gasteiger partial charge in [0.2, 0.25) is 0 Å². The molecule has 1 saturated heterocycles. The van der Waals surface area contributed by atoms with E-state index >= 15 is 0 Å². The van der Waals surface area contributed by atoms with Crippen LogP contribution in [0.25, 0.3) is 6.08 Å². The number of benzene rings is 1. The molecule has 1 atom stereocenters. The first-order chi connectivity index (χ1) is 10.6. The number of thioether (sulfide) groups is 1. The Morgan fingerprint density at radius 2 is 2.32 bits per heavy atom. The normalized spacial score (nSPS) is 23.5. The quantitative estimate of drug-likeness (QED) is 0.814. The molecule has 0 aromatic heterocycles. The molecule has 0 spiro atoms. The Kier molecular flexibility index (Phi) is 4.17. The van der Waals surface area contributed by atoms with E-state index in [9.17, 15) is 19.4 Å². The van der Waals surface area contributed by atoms with E-state index in [1.54, 1.807) is 0 Å². The lowest BCUT2D eigenvalue weighted by Crippen LogP contribution is -2.35. The molecule has 0 bridgehead atoms. The number of amidine groups is 1. The van der Waals surface area contributed by atoms with E-state index in [0.717, 1.165) is 25.5 Å². The summed E-state index contributed by atoms with van der Waals surface area (Å²) in [7, 11) is 0. The Labute approximate surface area is 131 Å². The number of nitrogens with zero attached hydrogens (tertiary/aromatic N) is 2. The van der Waals surface area contributed by atoms with Gasteiger partial charge < -0.3 is 15.1 Å². The van der Waals surface area contributed by atoms with Crippen LogP contribution >= 0.6 is 11.8 Å². The third-order valence-electron chi connectivity index (χ3n) is 3.72. The van der Waals surface area contributed by atoms with Crippen LogP contribution in [0.5, 0.6) is 5.75 Å². The van der Waals surface area contributed by atoms with Crippen molar-refractivity contribution in [2.75, 3.05) is 13.2 Å². The number of amides is 1. The van der Waals surface area contributed by atoms with Crippen molar-refractivity contribution in [2.45, 2.75) is 18.9 Å². The Hall–Kier alpha value is -1.86. The van der Waals surface area contributed by atoms with Crippen molar-refractivity contribution in [1.82, 2.24) is 4.90 Å². The lowest BCUT2D eigenvalue weighted by Gasteiger charge is -2.23. The molecule has 1 aromatic rings. The molecule has 3 rings (SSSR count). The molecule has 22 heavy (non-hydrogen) atoms. The molecule has 0 saturated carbocycles. The number of aliphatic hydroxyl groups excluding tert-OH is 1. The summed E-state index contributed by atoms with van der Waals surface area (Å²) in [6.07, 6.45) is 3.25. The average molecular weight is 322 g/mol. The second-order valence-electron chi connectivity index (χ2n) is 5.19. The number of hydrogen-bond donors (Lipinski definition) is 2. The van der Waals surface area contributed by atoms with Crippen molar-refractivity contribution in [3.63, 3.8) is 0 Å². The molecule has 2 aliphatic heterocycles. The van der Waals surface area contributed by atoms with Crippen LogP contribution < -0.4 is 0 Å². The van der Waals surface area contributed by atoms with Gasteiger partial charge in [0.05, 0.1) is 17.6 Å². The maximum absolute atomic E-state index is 13.2. The number of aromatic hydroxyl groups is 1. The van der Waals surface area contributed by atoms with Gasteiger partial charge in [-0.1, -0.05) is 0 Å². The maximum atomic E-state index is 13.2.